The lowest BCUT2D eigenvalue weighted by molar-refractivity contribution is 0.147. The fraction of sp³-hybridized carbons (Fsp3) is 0.812. The first-order valence-electron chi connectivity index (χ1n) is 7.67. The van der Waals surface area contributed by atoms with E-state index in [2.05, 4.69) is 44.3 Å². The minimum atomic E-state index is 0.196. The Morgan fingerprint density at radius 1 is 1.42 bits per heavy atom. The average molecular weight is 263 g/mol. The van der Waals surface area contributed by atoms with Gasteiger partial charge >= 0.3 is 0 Å². The molecule has 3 heteroatoms. The van der Waals surface area contributed by atoms with Crippen LogP contribution in [0.4, 0.5) is 0 Å². The molecular weight excluding hydrogens is 234 g/mol. The molecule has 0 bridgehead atoms. The summed E-state index contributed by atoms with van der Waals surface area (Å²) in [5.41, 5.74) is 1.57. The smallest absolute Gasteiger partial charge is 0.0527 e. The van der Waals surface area contributed by atoms with Crippen LogP contribution in [0.15, 0.2) is 12.4 Å². The maximum absolute atomic E-state index is 4.36. The molecule has 3 nitrogen and oxygen atoms in total. The van der Waals surface area contributed by atoms with Crippen molar-refractivity contribution < 1.29 is 0 Å². The van der Waals surface area contributed by atoms with Crippen molar-refractivity contribution in [3.8, 4) is 0 Å². The molecule has 3 atom stereocenters. The van der Waals surface area contributed by atoms with Crippen molar-refractivity contribution in [1.29, 1.82) is 0 Å². The third-order valence-electron chi connectivity index (χ3n) is 4.95. The van der Waals surface area contributed by atoms with Crippen LogP contribution >= 0.6 is 0 Å². The Morgan fingerprint density at radius 2 is 2.16 bits per heavy atom. The van der Waals surface area contributed by atoms with Crippen molar-refractivity contribution in [3.63, 3.8) is 0 Å². The van der Waals surface area contributed by atoms with E-state index in [1.807, 2.05) is 17.9 Å². The van der Waals surface area contributed by atoms with Crippen molar-refractivity contribution in [2.75, 3.05) is 6.54 Å². The molecule has 0 amide bonds. The summed E-state index contributed by atoms with van der Waals surface area (Å²) in [7, 11) is 2.00. The van der Waals surface area contributed by atoms with Gasteiger partial charge in [-0.05, 0) is 42.2 Å². The summed E-state index contributed by atoms with van der Waals surface area (Å²) in [6.07, 6.45) is 8.21. The van der Waals surface area contributed by atoms with E-state index in [1.165, 1.54) is 24.8 Å². The normalized spacial score (nSPS) is 28.6. The van der Waals surface area contributed by atoms with Crippen molar-refractivity contribution in [3.05, 3.63) is 18.0 Å². The Kier molecular flexibility index (Phi) is 4.34. The molecule has 0 spiro atoms. The SMILES string of the molecule is CCNC1CC(C)CCC1C(C)(C)c1cnn(C)c1. The average Bonchev–Trinajstić information content (AvgIpc) is 2.77. The zero-order valence-corrected chi connectivity index (χ0v) is 13.1. The maximum Gasteiger partial charge on any atom is 0.0527 e. The Balaban J connectivity index is 2.21. The highest BCUT2D eigenvalue weighted by atomic mass is 15.2. The van der Waals surface area contributed by atoms with Gasteiger partial charge in [-0.1, -0.05) is 34.1 Å². The van der Waals surface area contributed by atoms with Crippen molar-refractivity contribution in [1.82, 2.24) is 15.1 Å². The van der Waals surface area contributed by atoms with E-state index in [0.717, 1.165) is 12.5 Å². The minimum Gasteiger partial charge on any atom is -0.314 e. The Hall–Kier alpha value is -0.830. The molecule has 1 aromatic heterocycles. The molecule has 1 aliphatic carbocycles. The van der Waals surface area contributed by atoms with Crippen LogP contribution in [0.2, 0.25) is 0 Å². The van der Waals surface area contributed by atoms with Gasteiger partial charge in [-0.15, -0.1) is 0 Å². The fourth-order valence-electron chi connectivity index (χ4n) is 3.70. The summed E-state index contributed by atoms with van der Waals surface area (Å²) >= 11 is 0. The first-order valence-corrected chi connectivity index (χ1v) is 7.67. The monoisotopic (exact) mass is 263 g/mol. The van der Waals surface area contributed by atoms with Crippen LogP contribution in [-0.2, 0) is 12.5 Å². The molecular formula is C16H29N3. The van der Waals surface area contributed by atoms with Crippen LogP contribution in [0.5, 0.6) is 0 Å². The molecule has 108 valence electrons. The minimum absolute atomic E-state index is 0.196. The molecule has 1 aliphatic rings. The van der Waals surface area contributed by atoms with Gasteiger partial charge in [0.1, 0.15) is 0 Å². The van der Waals surface area contributed by atoms with Crippen LogP contribution in [0, 0.1) is 11.8 Å². The van der Waals surface area contributed by atoms with Crippen LogP contribution in [0.3, 0.4) is 0 Å². The molecule has 0 saturated heterocycles. The highest BCUT2D eigenvalue weighted by molar-refractivity contribution is 5.20. The lowest BCUT2D eigenvalue weighted by Crippen LogP contribution is -2.48. The van der Waals surface area contributed by atoms with Gasteiger partial charge in [-0.3, -0.25) is 4.68 Å². The first-order chi connectivity index (χ1) is 8.95. The van der Waals surface area contributed by atoms with Gasteiger partial charge in [-0.2, -0.15) is 5.10 Å². The molecule has 1 fully saturated rings. The van der Waals surface area contributed by atoms with E-state index in [0.29, 0.717) is 12.0 Å². The van der Waals surface area contributed by atoms with Crippen molar-refractivity contribution >= 4 is 0 Å². The summed E-state index contributed by atoms with van der Waals surface area (Å²) in [5, 5.41) is 8.08. The summed E-state index contributed by atoms with van der Waals surface area (Å²) < 4.78 is 1.92. The Labute approximate surface area is 117 Å². The fourth-order valence-corrected chi connectivity index (χ4v) is 3.70. The number of nitrogens with zero attached hydrogens (tertiary/aromatic N) is 2. The second-order valence-corrected chi connectivity index (χ2v) is 6.81. The summed E-state index contributed by atoms with van der Waals surface area (Å²) in [6.45, 7) is 10.4. The quantitative estimate of drug-likeness (QED) is 0.904. The second kappa shape index (κ2) is 5.66. The topological polar surface area (TPSA) is 29.9 Å². The maximum atomic E-state index is 4.36. The lowest BCUT2D eigenvalue weighted by Gasteiger charge is -2.44. The summed E-state index contributed by atoms with van der Waals surface area (Å²) in [5.74, 6) is 1.55. The van der Waals surface area contributed by atoms with Gasteiger partial charge in [0, 0.05) is 19.3 Å². The molecule has 0 radical (unpaired) electrons. The molecule has 1 N–H and O–H groups in total. The summed E-state index contributed by atoms with van der Waals surface area (Å²) in [6, 6.07) is 0.643. The number of hydrogen-bond donors (Lipinski definition) is 1. The highest BCUT2D eigenvalue weighted by Crippen LogP contribution is 2.42. The van der Waals surface area contributed by atoms with E-state index in [1.54, 1.807) is 0 Å². The molecule has 0 aliphatic heterocycles. The van der Waals surface area contributed by atoms with Gasteiger partial charge in [0.2, 0.25) is 0 Å². The van der Waals surface area contributed by atoms with Crippen molar-refractivity contribution in [2.24, 2.45) is 18.9 Å². The molecule has 2 rings (SSSR count). The van der Waals surface area contributed by atoms with E-state index in [9.17, 15) is 0 Å². The number of aryl methyl sites for hydroxylation is 1. The van der Waals surface area contributed by atoms with E-state index >= 15 is 0 Å². The predicted molar refractivity (Wildman–Crippen MR) is 80.2 cm³/mol. The van der Waals surface area contributed by atoms with E-state index in [4.69, 9.17) is 0 Å². The molecule has 1 heterocycles. The van der Waals surface area contributed by atoms with Crippen LogP contribution < -0.4 is 5.32 Å². The lowest BCUT2D eigenvalue weighted by atomic mass is 9.64. The van der Waals surface area contributed by atoms with Crippen molar-refractivity contribution in [2.45, 2.75) is 58.4 Å². The zero-order chi connectivity index (χ0) is 14.0. The molecule has 19 heavy (non-hydrogen) atoms. The second-order valence-electron chi connectivity index (χ2n) is 6.81. The number of aromatic nitrogens is 2. The number of nitrogens with one attached hydrogen (secondary N) is 1. The number of hydrogen-bond acceptors (Lipinski definition) is 2. The molecule has 1 saturated carbocycles. The zero-order valence-electron chi connectivity index (χ0n) is 13.1. The van der Waals surface area contributed by atoms with Gasteiger partial charge in [0.25, 0.3) is 0 Å². The van der Waals surface area contributed by atoms with Gasteiger partial charge in [-0.25, -0.2) is 0 Å². The van der Waals surface area contributed by atoms with E-state index in [-0.39, 0.29) is 5.41 Å². The third-order valence-corrected chi connectivity index (χ3v) is 4.95. The van der Waals surface area contributed by atoms with Crippen LogP contribution in [0.25, 0.3) is 0 Å². The predicted octanol–water partition coefficient (Wildman–Crippen LogP) is 3.11. The van der Waals surface area contributed by atoms with E-state index < -0.39 is 0 Å². The Bertz CT molecular complexity index is 408. The number of rotatable bonds is 4. The standard InChI is InChI=1S/C16H29N3/c1-6-17-15-9-12(2)7-8-14(15)16(3,4)13-10-18-19(5)11-13/h10-12,14-15,17H,6-9H2,1-5H3. The molecule has 3 unspecified atom stereocenters. The largest absolute Gasteiger partial charge is 0.314 e. The van der Waals surface area contributed by atoms with Gasteiger partial charge < -0.3 is 5.32 Å². The molecule has 1 aromatic rings. The Morgan fingerprint density at radius 3 is 2.74 bits per heavy atom. The third kappa shape index (κ3) is 3.02. The van der Waals surface area contributed by atoms with Gasteiger partial charge in [0.15, 0.2) is 0 Å². The first kappa shape index (κ1) is 14.6. The van der Waals surface area contributed by atoms with Crippen LogP contribution in [-0.4, -0.2) is 22.4 Å². The highest BCUT2D eigenvalue weighted by Gasteiger charge is 2.40. The molecule has 0 aromatic carbocycles. The van der Waals surface area contributed by atoms with Gasteiger partial charge in [0.05, 0.1) is 6.20 Å². The summed E-state index contributed by atoms with van der Waals surface area (Å²) in [4.78, 5) is 0. The van der Waals surface area contributed by atoms with Crippen LogP contribution in [0.1, 0.15) is 52.5 Å².